The van der Waals surface area contributed by atoms with E-state index in [0.29, 0.717) is 0 Å². The summed E-state index contributed by atoms with van der Waals surface area (Å²) in [5.74, 6) is 0.758. The summed E-state index contributed by atoms with van der Waals surface area (Å²) in [6.45, 7) is 2.43. The molecule has 0 spiro atoms. The lowest BCUT2D eigenvalue weighted by Crippen LogP contribution is -2.24. The van der Waals surface area contributed by atoms with Crippen molar-refractivity contribution in [2.45, 2.75) is 18.8 Å². The molecule has 2 rings (SSSR count). The number of hydrogen-bond acceptors (Lipinski definition) is 2. The van der Waals surface area contributed by atoms with Crippen LogP contribution in [-0.2, 0) is 0 Å². The summed E-state index contributed by atoms with van der Waals surface area (Å²) >= 11 is 2.41. The van der Waals surface area contributed by atoms with Crippen LogP contribution in [0.2, 0.25) is 0 Å². The lowest BCUT2D eigenvalue weighted by Gasteiger charge is -2.27. The fourth-order valence-corrected chi connectivity index (χ4v) is 2.37. The van der Waals surface area contributed by atoms with Crippen LogP contribution in [0.4, 0.5) is 0 Å². The van der Waals surface area contributed by atoms with Crippen LogP contribution in [0.1, 0.15) is 24.3 Å². The highest BCUT2D eigenvalue weighted by atomic mass is 127. The first-order valence-electron chi connectivity index (χ1n) is 4.67. The normalized spacial score (nSPS) is 20.4. The van der Waals surface area contributed by atoms with Gasteiger partial charge in [0.1, 0.15) is 0 Å². The molecule has 1 aliphatic rings. The van der Waals surface area contributed by atoms with Crippen LogP contribution in [0.3, 0.4) is 0 Å². The summed E-state index contributed by atoms with van der Waals surface area (Å²) in [6, 6.07) is 4.29. The van der Waals surface area contributed by atoms with E-state index in [4.69, 9.17) is 0 Å². The van der Waals surface area contributed by atoms with Crippen molar-refractivity contribution >= 4 is 22.9 Å². The van der Waals surface area contributed by atoms with Crippen molar-refractivity contribution < 1.29 is 0 Å². The molecule has 13 heavy (non-hydrogen) atoms. The van der Waals surface area contributed by atoms with Crippen LogP contribution in [0.25, 0.3) is 0 Å². The van der Waals surface area contributed by atoms with Crippen molar-refractivity contribution in [1.82, 2.24) is 8.10 Å². The second kappa shape index (κ2) is 4.37. The summed E-state index contributed by atoms with van der Waals surface area (Å²) < 4.78 is 2.37. The molecule has 0 atom stereocenters. The average Bonchev–Trinajstić information content (AvgIpc) is 2.20. The Bertz CT molecular complexity index is 255. The van der Waals surface area contributed by atoms with Gasteiger partial charge in [0.15, 0.2) is 0 Å². The molecule has 1 aliphatic heterocycles. The first-order valence-corrected chi connectivity index (χ1v) is 5.63. The quantitative estimate of drug-likeness (QED) is 0.583. The van der Waals surface area contributed by atoms with Gasteiger partial charge in [-0.3, -0.25) is 4.98 Å². The highest BCUT2D eigenvalue weighted by molar-refractivity contribution is 14.1. The van der Waals surface area contributed by atoms with E-state index in [-0.39, 0.29) is 0 Å². The molecule has 70 valence electrons. The van der Waals surface area contributed by atoms with E-state index >= 15 is 0 Å². The third-order valence-corrected chi connectivity index (χ3v) is 3.58. The zero-order valence-corrected chi connectivity index (χ0v) is 9.65. The number of halogens is 1. The average molecular weight is 288 g/mol. The Morgan fingerprint density at radius 1 is 1.23 bits per heavy atom. The Labute approximate surface area is 92.8 Å². The van der Waals surface area contributed by atoms with Gasteiger partial charge in [0, 0.05) is 48.3 Å². The fourth-order valence-electron chi connectivity index (χ4n) is 1.82. The predicted molar refractivity (Wildman–Crippen MR) is 61.8 cm³/mol. The van der Waals surface area contributed by atoms with Crippen LogP contribution in [-0.4, -0.2) is 21.2 Å². The third-order valence-electron chi connectivity index (χ3n) is 2.62. The number of pyridine rings is 1. The molecule has 0 aromatic carbocycles. The second-order valence-corrected chi connectivity index (χ2v) is 4.83. The topological polar surface area (TPSA) is 16.1 Å². The molecule has 3 heteroatoms. The SMILES string of the molecule is IN1CCC(c2ccncc2)CC1. The number of rotatable bonds is 1. The molecule has 1 aromatic rings. The van der Waals surface area contributed by atoms with Gasteiger partial charge < -0.3 is 0 Å². The minimum absolute atomic E-state index is 0.758. The van der Waals surface area contributed by atoms with E-state index in [0.717, 1.165) is 5.92 Å². The Hall–Kier alpha value is -0.160. The van der Waals surface area contributed by atoms with Gasteiger partial charge >= 0.3 is 0 Å². The van der Waals surface area contributed by atoms with Crippen molar-refractivity contribution in [1.29, 1.82) is 0 Å². The molecule has 1 saturated heterocycles. The van der Waals surface area contributed by atoms with Crippen molar-refractivity contribution in [3.8, 4) is 0 Å². The zero-order chi connectivity index (χ0) is 9.10. The lowest BCUT2D eigenvalue weighted by molar-refractivity contribution is 0.368. The maximum Gasteiger partial charge on any atom is 0.0270 e. The van der Waals surface area contributed by atoms with E-state index in [1.54, 1.807) is 0 Å². The van der Waals surface area contributed by atoms with E-state index in [9.17, 15) is 0 Å². The minimum atomic E-state index is 0.758. The molecule has 1 fully saturated rings. The molecule has 0 bridgehead atoms. The van der Waals surface area contributed by atoms with E-state index < -0.39 is 0 Å². The van der Waals surface area contributed by atoms with Gasteiger partial charge in [-0.2, -0.15) is 0 Å². The van der Waals surface area contributed by atoms with Crippen molar-refractivity contribution in [2.24, 2.45) is 0 Å². The van der Waals surface area contributed by atoms with E-state index in [2.05, 4.69) is 43.1 Å². The Balaban J connectivity index is 2.03. The number of hydrogen-bond donors (Lipinski definition) is 0. The van der Waals surface area contributed by atoms with E-state index in [1.807, 2.05) is 12.4 Å². The molecule has 2 nitrogen and oxygen atoms in total. The second-order valence-electron chi connectivity index (χ2n) is 3.46. The molecule has 0 amide bonds. The van der Waals surface area contributed by atoms with Crippen LogP contribution in [0.15, 0.2) is 24.5 Å². The summed E-state index contributed by atoms with van der Waals surface area (Å²) in [5.41, 5.74) is 1.46. The van der Waals surface area contributed by atoms with Crippen molar-refractivity contribution in [3.63, 3.8) is 0 Å². The largest absolute Gasteiger partial charge is 0.265 e. The van der Waals surface area contributed by atoms with Gasteiger partial charge in [0.25, 0.3) is 0 Å². The van der Waals surface area contributed by atoms with Gasteiger partial charge in [0.05, 0.1) is 0 Å². The standard InChI is InChI=1S/C10H13IN2/c11-13-7-3-10(4-8-13)9-1-5-12-6-2-9/h1-2,5-6,10H,3-4,7-8H2. The van der Waals surface area contributed by atoms with Crippen molar-refractivity contribution in [2.75, 3.05) is 13.1 Å². The van der Waals surface area contributed by atoms with Gasteiger partial charge in [0.2, 0.25) is 0 Å². The minimum Gasteiger partial charge on any atom is -0.265 e. The maximum atomic E-state index is 4.04. The molecule has 2 heterocycles. The molecule has 0 saturated carbocycles. The highest BCUT2D eigenvalue weighted by Gasteiger charge is 2.18. The van der Waals surface area contributed by atoms with Gasteiger partial charge in [-0.15, -0.1) is 0 Å². The van der Waals surface area contributed by atoms with Gasteiger partial charge in [-0.05, 0) is 36.5 Å². The smallest absolute Gasteiger partial charge is 0.0270 e. The maximum absolute atomic E-state index is 4.04. The third kappa shape index (κ3) is 2.40. The van der Waals surface area contributed by atoms with Gasteiger partial charge in [-0.1, -0.05) is 0 Å². The molecule has 1 aromatic heterocycles. The monoisotopic (exact) mass is 288 g/mol. The zero-order valence-electron chi connectivity index (χ0n) is 7.49. The first kappa shape index (κ1) is 9.40. The fraction of sp³-hybridized carbons (Fsp3) is 0.500. The van der Waals surface area contributed by atoms with E-state index in [1.165, 1.54) is 31.5 Å². The Kier molecular flexibility index (Phi) is 3.16. The summed E-state index contributed by atoms with van der Waals surface area (Å²) in [6.07, 6.45) is 6.36. The molecule has 0 unspecified atom stereocenters. The van der Waals surface area contributed by atoms with Crippen LogP contribution < -0.4 is 0 Å². The van der Waals surface area contributed by atoms with Crippen molar-refractivity contribution in [3.05, 3.63) is 30.1 Å². The Morgan fingerprint density at radius 3 is 2.46 bits per heavy atom. The van der Waals surface area contributed by atoms with Crippen LogP contribution in [0, 0.1) is 0 Å². The molecular weight excluding hydrogens is 275 g/mol. The number of aromatic nitrogens is 1. The predicted octanol–water partition coefficient (Wildman–Crippen LogP) is 2.61. The van der Waals surface area contributed by atoms with Crippen LogP contribution >= 0.6 is 22.9 Å². The summed E-state index contributed by atoms with van der Waals surface area (Å²) in [7, 11) is 0. The molecular formula is C10H13IN2. The molecule has 0 aliphatic carbocycles. The number of piperidine rings is 1. The van der Waals surface area contributed by atoms with Gasteiger partial charge in [-0.25, -0.2) is 3.11 Å². The number of nitrogens with zero attached hydrogens (tertiary/aromatic N) is 2. The van der Waals surface area contributed by atoms with Crippen LogP contribution in [0.5, 0.6) is 0 Å². The summed E-state index contributed by atoms with van der Waals surface area (Å²) in [4.78, 5) is 4.04. The summed E-state index contributed by atoms with van der Waals surface area (Å²) in [5, 5.41) is 0. The Morgan fingerprint density at radius 2 is 1.85 bits per heavy atom. The first-order chi connectivity index (χ1) is 6.36. The molecule has 0 radical (unpaired) electrons. The molecule has 0 N–H and O–H groups in total. The highest BCUT2D eigenvalue weighted by Crippen LogP contribution is 2.28. The lowest BCUT2D eigenvalue weighted by atomic mass is 9.91.